The van der Waals surface area contributed by atoms with Gasteiger partial charge in [0.05, 0.1) is 17.0 Å². The Hall–Kier alpha value is -2.58. The zero-order valence-electron chi connectivity index (χ0n) is 12.8. The normalized spacial score (nSPS) is 10.4. The molecule has 0 bridgehead atoms. The minimum absolute atomic E-state index is 0.0633. The van der Waals surface area contributed by atoms with Crippen LogP contribution in [0.2, 0.25) is 0 Å². The number of hydrogen-bond donors (Lipinski definition) is 1. The molecule has 0 aliphatic carbocycles. The van der Waals surface area contributed by atoms with Gasteiger partial charge in [0.2, 0.25) is 5.91 Å². The molecule has 6 nitrogen and oxygen atoms in total. The number of carbonyl (C=O) groups is 1. The van der Waals surface area contributed by atoms with E-state index in [9.17, 15) is 14.9 Å². The first-order valence-corrected chi connectivity index (χ1v) is 8.94. The standard InChI is InChI=1S/C17H12BrN3O3S/c18-13-6-3-5-11(8-13)14-10-25-17(19-14)20-16(22)9-12-4-1-2-7-15(12)21(23)24/h1-8,10H,9H2,(H,19,20,22). The minimum Gasteiger partial charge on any atom is -0.302 e. The Morgan fingerprint density at radius 3 is 2.80 bits per heavy atom. The topological polar surface area (TPSA) is 85.1 Å². The fraction of sp³-hybridized carbons (Fsp3) is 0.0588. The van der Waals surface area contributed by atoms with Crippen LogP contribution in [0.4, 0.5) is 10.8 Å². The Morgan fingerprint density at radius 2 is 2.04 bits per heavy atom. The third-order valence-corrected chi connectivity index (χ3v) is 4.66. The molecule has 126 valence electrons. The minimum atomic E-state index is -0.489. The molecule has 25 heavy (non-hydrogen) atoms. The number of halogens is 1. The van der Waals surface area contributed by atoms with Crippen LogP contribution in [0.3, 0.4) is 0 Å². The summed E-state index contributed by atoms with van der Waals surface area (Å²) in [6, 6.07) is 13.9. The number of nitro benzene ring substituents is 1. The largest absolute Gasteiger partial charge is 0.302 e. The highest BCUT2D eigenvalue weighted by Crippen LogP contribution is 2.27. The fourth-order valence-electron chi connectivity index (χ4n) is 2.29. The molecule has 2 aromatic carbocycles. The zero-order valence-corrected chi connectivity index (χ0v) is 15.2. The lowest BCUT2D eigenvalue weighted by Gasteiger charge is -2.03. The van der Waals surface area contributed by atoms with Gasteiger partial charge in [0.15, 0.2) is 5.13 Å². The number of amides is 1. The highest BCUT2D eigenvalue weighted by Gasteiger charge is 2.16. The van der Waals surface area contributed by atoms with E-state index in [1.54, 1.807) is 18.2 Å². The van der Waals surface area contributed by atoms with E-state index >= 15 is 0 Å². The molecule has 0 saturated carbocycles. The van der Waals surface area contributed by atoms with Crippen molar-refractivity contribution in [3.63, 3.8) is 0 Å². The molecule has 0 unspecified atom stereocenters. The Labute approximate surface area is 155 Å². The van der Waals surface area contributed by atoms with Gasteiger partial charge in [-0.1, -0.05) is 46.3 Å². The fourth-order valence-corrected chi connectivity index (χ4v) is 3.42. The molecule has 1 heterocycles. The van der Waals surface area contributed by atoms with E-state index in [2.05, 4.69) is 26.2 Å². The van der Waals surface area contributed by atoms with E-state index in [0.29, 0.717) is 10.7 Å². The second-order valence-electron chi connectivity index (χ2n) is 5.16. The summed E-state index contributed by atoms with van der Waals surface area (Å²) in [5, 5.41) is 16.0. The summed E-state index contributed by atoms with van der Waals surface area (Å²) in [5.74, 6) is -0.343. The van der Waals surface area contributed by atoms with Crippen LogP contribution in [-0.4, -0.2) is 15.8 Å². The number of rotatable bonds is 5. The smallest absolute Gasteiger partial charge is 0.273 e. The summed E-state index contributed by atoms with van der Waals surface area (Å²) in [6.45, 7) is 0. The molecule has 1 N–H and O–H groups in total. The number of thiazole rings is 1. The van der Waals surface area contributed by atoms with Crippen LogP contribution in [0.5, 0.6) is 0 Å². The van der Waals surface area contributed by atoms with Gasteiger partial charge in [-0.3, -0.25) is 14.9 Å². The van der Waals surface area contributed by atoms with Crippen molar-refractivity contribution in [3.8, 4) is 11.3 Å². The third kappa shape index (κ3) is 4.28. The average molecular weight is 418 g/mol. The molecular weight excluding hydrogens is 406 g/mol. The van der Waals surface area contributed by atoms with Crippen LogP contribution in [-0.2, 0) is 11.2 Å². The number of benzene rings is 2. The number of carbonyl (C=O) groups excluding carboxylic acids is 1. The predicted molar refractivity (Wildman–Crippen MR) is 101 cm³/mol. The summed E-state index contributed by atoms with van der Waals surface area (Å²) in [4.78, 5) is 27.1. The third-order valence-electron chi connectivity index (χ3n) is 3.41. The zero-order chi connectivity index (χ0) is 17.8. The van der Waals surface area contributed by atoms with Crippen LogP contribution < -0.4 is 5.32 Å². The van der Waals surface area contributed by atoms with Crippen molar-refractivity contribution >= 4 is 44.0 Å². The Kier molecular flexibility index (Phi) is 5.20. The molecule has 1 aromatic heterocycles. The molecule has 0 saturated heterocycles. The van der Waals surface area contributed by atoms with Crippen LogP contribution in [0.1, 0.15) is 5.56 Å². The van der Waals surface area contributed by atoms with Crippen LogP contribution in [0.25, 0.3) is 11.3 Å². The van der Waals surface area contributed by atoms with Gasteiger partial charge in [0.1, 0.15) is 0 Å². The number of nitrogens with zero attached hydrogens (tertiary/aromatic N) is 2. The van der Waals surface area contributed by atoms with Gasteiger partial charge in [-0.2, -0.15) is 0 Å². The van der Waals surface area contributed by atoms with Crippen molar-refractivity contribution in [2.45, 2.75) is 6.42 Å². The average Bonchev–Trinajstić information content (AvgIpc) is 3.03. The molecule has 8 heteroatoms. The maximum absolute atomic E-state index is 12.2. The van der Waals surface area contributed by atoms with Gasteiger partial charge in [0.25, 0.3) is 5.69 Å². The summed E-state index contributed by atoms with van der Waals surface area (Å²) in [7, 11) is 0. The van der Waals surface area contributed by atoms with Crippen molar-refractivity contribution in [3.05, 3.63) is 74.1 Å². The van der Waals surface area contributed by atoms with E-state index < -0.39 is 4.92 Å². The predicted octanol–water partition coefficient (Wildman–Crippen LogP) is 4.66. The van der Waals surface area contributed by atoms with Gasteiger partial charge in [-0.15, -0.1) is 11.3 Å². The second kappa shape index (κ2) is 7.54. The van der Waals surface area contributed by atoms with Crippen LogP contribution >= 0.6 is 27.3 Å². The lowest BCUT2D eigenvalue weighted by atomic mass is 10.1. The molecule has 3 rings (SSSR count). The van der Waals surface area contributed by atoms with Crippen molar-refractivity contribution in [1.29, 1.82) is 0 Å². The second-order valence-corrected chi connectivity index (χ2v) is 6.93. The maximum atomic E-state index is 12.2. The Bertz CT molecular complexity index is 942. The van der Waals surface area contributed by atoms with Crippen LogP contribution in [0.15, 0.2) is 58.4 Å². The maximum Gasteiger partial charge on any atom is 0.273 e. The number of nitrogens with one attached hydrogen (secondary N) is 1. The summed E-state index contributed by atoms with van der Waals surface area (Å²) in [6.07, 6.45) is -0.0804. The first kappa shape index (κ1) is 17.2. The first-order valence-electron chi connectivity index (χ1n) is 7.26. The molecule has 1 amide bonds. The van der Waals surface area contributed by atoms with Gasteiger partial charge in [-0.25, -0.2) is 4.98 Å². The summed E-state index contributed by atoms with van der Waals surface area (Å²) >= 11 is 4.72. The van der Waals surface area contributed by atoms with Crippen molar-refractivity contribution in [2.24, 2.45) is 0 Å². The van der Waals surface area contributed by atoms with E-state index in [4.69, 9.17) is 0 Å². The lowest BCUT2D eigenvalue weighted by molar-refractivity contribution is -0.385. The van der Waals surface area contributed by atoms with Crippen molar-refractivity contribution in [2.75, 3.05) is 5.32 Å². The monoisotopic (exact) mass is 417 g/mol. The highest BCUT2D eigenvalue weighted by atomic mass is 79.9. The van der Waals surface area contributed by atoms with Crippen LogP contribution in [0, 0.1) is 10.1 Å². The molecule has 3 aromatic rings. The quantitative estimate of drug-likeness (QED) is 0.482. The number of anilines is 1. The molecule has 0 atom stereocenters. The lowest BCUT2D eigenvalue weighted by Crippen LogP contribution is -2.15. The number of aromatic nitrogens is 1. The van der Waals surface area contributed by atoms with E-state index in [-0.39, 0.29) is 18.0 Å². The molecule has 0 radical (unpaired) electrons. The van der Waals surface area contributed by atoms with E-state index in [1.807, 2.05) is 29.6 Å². The van der Waals surface area contributed by atoms with E-state index in [0.717, 1.165) is 15.7 Å². The van der Waals surface area contributed by atoms with Gasteiger partial charge in [-0.05, 0) is 12.1 Å². The number of hydrogen-bond acceptors (Lipinski definition) is 5. The van der Waals surface area contributed by atoms with E-state index in [1.165, 1.54) is 17.4 Å². The summed E-state index contributed by atoms with van der Waals surface area (Å²) < 4.78 is 0.944. The van der Waals surface area contributed by atoms with Crippen molar-refractivity contribution in [1.82, 2.24) is 4.98 Å². The Morgan fingerprint density at radius 1 is 1.24 bits per heavy atom. The first-order chi connectivity index (χ1) is 12.0. The number of para-hydroxylation sites is 1. The summed E-state index contributed by atoms with van der Waals surface area (Å²) in [5.41, 5.74) is 2.00. The Balaban J connectivity index is 1.71. The van der Waals surface area contributed by atoms with Gasteiger partial charge < -0.3 is 5.32 Å². The number of nitro groups is 1. The molecular formula is C17H12BrN3O3S. The van der Waals surface area contributed by atoms with Crippen molar-refractivity contribution < 1.29 is 9.72 Å². The molecule has 0 aliphatic rings. The van der Waals surface area contributed by atoms with Gasteiger partial charge >= 0.3 is 0 Å². The highest BCUT2D eigenvalue weighted by molar-refractivity contribution is 9.10. The van der Waals surface area contributed by atoms with Gasteiger partial charge in [0, 0.05) is 27.0 Å². The molecule has 0 spiro atoms. The molecule has 0 aliphatic heterocycles. The molecule has 0 fully saturated rings. The SMILES string of the molecule is O=C(Cc1ccccc1[N+](=O)[O-])Nc1nc(-c2cccc(Br)c2)cs1.